The minimum absolute atomic E-state index is 0.00441. The summed E-state index contributed by atoms with van der Waals surface area (Å²) in [6.07, 6.45) is 3.49. The van der Waals surface area contributed by atoms with Gasteiger partial charge in [-0.15, -0.1) is 0 Å². The first-order valence-electron chi connectivity index (χ1n) is 8.24. The summed E-state index contributed by atoms with van der Waals surface area (Å²) in [4.78, 5) is 37.1. The van der Waals surface area contributed by atoms with Gasteiger partial charge in [-0.05, 0) is 32.1 Å². The van der Waals surface area contributed by atoms with Crippen LogP contribution < -0.4 is 5.32 Å². The van der Waals surface area contributed by atoms with Crippen LogP contribution in [0.5, 0.6) is 0 Å². The Hall–Kier alpha value is -1.59. The van der Waals surface area contributed by atoms with Crippen LogP contribution in [0.25, 0.3) is 0 Å². The molecule has 2 atom stereocenters. The second-order valence-electron chi connectivity index (χ2n) is 6.64. The summed E-state index contributed by atoms with van der Waals surface area (Å²) in [5, 5.41) is 11.8. The fourth-order valence-electron chi connectivity index (χ4n) is 3.13. The van der Waals surface area contributed by atoms with Crippen LogP contribution in [0.2, 0.25) is 0 Å². The predicted molar refractivity (Wildman–Crippen MR) is 81.0 cm³/mol. The first kappa shape index (κ1) is 16.8. The number of carboxylic acid groups (broad SMARTS) is 1. The summed E-state index contributed by atoms with van der Waals surface area (Å²) < 4.78 is 0. The van der Waals surface area contributed by atoms with Gasteiger partial charge < -0.3 is 15.3 Å². The molecule has 2 amide bonds. The van der Waals surface area contributed by atoms with Gasteiger partial charge in [0, 0.05) is 25.0 Å². The van der Waals surface area contributed by atoms with E-state index in [0.29, 0.717) is 19.4 Å². The molecule has 0 aromatic carbocycles. The number of hydrogen-bond donors (Lipinski definition) is 2. The molecule has 1 aliphatic carbocycles. The Kier molecular flexibility index (Phi) is 5.42. The van der Waals surface area contributed by atoms with Crippen molar-refractivity contribution in [3.8, 4) is 0 Å². The van der Waals surface area contributed by atoms with Crippen molar-refractivity contribution in [3.63, 3.8) is 0 Å². The Labute approximate surface area is 131 Å². The summed E-state index contributed by atoms with van der Waals surface area (Å²) in [6.45, 7) is 5.14. The number of piperidine rings is 1. The molecule has 22 heavy (non-hydrogen) atoms. The van der Waals surface area contributed by atoms with Crippen LogP contribution >= 0.6 is 0 Å². The van der Waals surface area contributed by atoms with Gasteiger partial charge >= 0.3 is 5.97 Å². The summed E-state index contributed by atoms with van der Waals surface area (Å²) in [5.41, 5.74) is 0. The minimum Gasteiger partial charge on any atom is -0.481 e. The van der Waals surface area contributed by atoms with Gasteiger partial charge in [0.25, 0.3) is 0 Å². The largest absolute Gasteiger partial charge is 0.481 e. The normalized spacial score (nSPS) is 29.4. The number of hydrogen-bond acceptors (Lipinski definition) is 3. The van der Waals surface area contributed by atoms with Crippen LogP contribution in [0.1, 0.15) is 46.0 Å². The van der Waals surface area contributed by atoms with E-state index in [1.165, 1.54) is 0 Å². The van der Waals surface area contributed by atoms with E-state index in [-0.39, 0.29) is 35.6 Å². The van der Waals surface area contributed by atoms with Crippen LogP contribution in [0.4, 0.5) is 0 Å². The SMILES string of the molecule is CCC(C)C(=O)N1CCCC(C(=O)NC2CC(C(=O)O)C2)C1. The summed E-state index contributed by atoms with van der Waals surface area (Å²) in [6, 6.07) is -0.0192. The smallest absolute Gasteiger partial charge is 0.306 e. The summed E-state index contributed by atoms with van der Waals surface area (Å²) >= 11 is 0. The molecule has 2 fully saturated rings. The third kappa shape index (κ3) is 3.78. The van der Waals surface area contributed by atoms with Gasteiger partial charge in [-0.2, -0.15) is 0 Å². The Morgan fingerprint density at radius 2 is 1.95 bits per heavy atom. The second-order valence-corrected chi connectivity index (χ2v) is 6.64. The molecule has 0 radical (unpaired) electrons. The standard InChI is InChI=1S/C16H26N2O4/c1-3-10(2)15(20)18-6-4-5-11(9-18)14(19)17-13-7-12(8-13)16(21)22/h10-13H,3-9H2,1-2H3,(H,17,19)(H,21,22). The maximum absolute atomic E-state index is 12.3. The lowest BCUT2D eigenvalue weighted by molar-refractivity contribution is -0.147. The van der Waals surface area contributed by atoms with Crippen LogP contribution in [0.3, 0.4) is 0 Å². The highest BCUT2D eigenvalue weighted by atomic mass is 16.4. The Morgan fingerprint density at radius 3 is 2.55 bits per heavy atom. The van der Waals surface area contributed by atoms with E-state index < -0.39 is 5.97 Å². The van der Waals surface area contributed by atoms with E-state index in [1.54, 1.807) is 0 Å². The maximum Gasteiger partial charge on any atom is 0.306 e. The Bertz CT molecular complexity index is 445. The van der Waals surface area contributed by atoms with E-state index in [1.807, 2.05) is 18.7 Å². The molecule has 124 valence electrons. The van der Waals surface area contributed by atoms with Gasteiger partial charge in [0.05, 0.1) is 11.8 Å². The summed E-state index contributed by atoms with van der Waals surface area (Å²) in [7, 11) is 0. The maximum atomic E-state index is 12.3. The molecule has 2 aliphatic rings. The first-order chi connectivity index (χ1) is 10.4. The van der Waals surface area contributed by atoms with Crippen molar-refractivity contribution in [2.45, 2.75) is 52.0 Å². The number of carboxylic acids is 1. The van der Waals surface area contributed by atoms with Crippen LogP contribution in [-0.4, -0.2) is 46.9 Å². The number of carbonyl (C=O) groups excluding carboxylic acids is 2. The van der Waals surface area contributed by atoms with Crippen LogP contribution in [0, 0.1) is 17.8 Å². The molecule has 0 bridgehead atoms. The third-order valence-electron chi connectivity index (χ3n) is 4.97. The molecule has 1 saturated heterocycles. The molecule has 0 spiro atoms. The molecule has 6 nitrogen and oxygen atoms in total. The predicted octanol–water partition coefficient (Wildman–Crippen LogP) is 1.25. The molecular weight excluding hydrogens is 284 g/mol. The number of carbonyl (C=O) groups is 3. The van der Waals surface area contributed by atoms with Gasteiger partial charge in [0.15, 0.2) is 0 Å². The lowest BCUT2D eigenvalue weighted by Crippen LogP contribution is -2.52. The molecule has 6 heteroatoms. The fraction of sp³-hybridized carbons (Fsp3) is 0.812. The molecule has 0 aromatic heterocycles. The molecule has 2 N–H and O–H groups in total. The van der Waals surface area contributed by atoms with Crippen LogP contribution in [0.15, 0.2) is 0 Å². The zero-order chi connectivity index (χ0) is 16.3. The molecule has 1 aliphatic heterocycles. The number of nitrogens with one attached hydrogen (secondary N) is 1. The van der Waals surface area contributed by atoms with Gasteiger partial charge in [-0.3, -0.25) is 14.4 Å². The average Bonchev–Trinajstić information content (AvgIpc) is 2.48. The summed E-state index contributed by atoms with van der Waals surface area (Å²) in [5.74, 6) is -1.16. The zero-order valence-electron chi connectivity index (χ0n) is 13.4. The lowest BCUT2D eigenvalue weighted by atomic mass is 9.80. The monoisotopic (exact) mass is 310 g/mol. The Balaban J connectivity index is 1.81. The van der Waals surface area contributed by atoms with Gasteiger partial charge in [0.1, 0.15) is 0 Å². The van der Waals surface area contributed by atoms with E-state index in [2.05, 4.69) is 5.32 Å². The van der Waals surface area contributed by atoms with Crippen molar-refractivity contribution in [3.05, 3.63) is 0 Å². The molecule has 1 heterocycles. The van der Waals surface area contributed by atoms with E-state index in [9.17, 15) is 14.4 Å². The number of likely N-dealkylation sites (tertiary alicyclic amines) is 1. The molecule has 2 rings (SSSR count). The topological polar surface area (TPSA) is 86.7 Å². The van der Waals surface area contributed by atoms with Crippen molar-refractivity contribution >= 4 is 17.8 Å². The molecule has 1 saturated carbocycles. The number of nitrogens with zero attached hydrogens (tertiary/aromatic N) is 1. The average molecular weight is 310 g/mol. The van der Waals surface area contributed by atoms with Gasteiger partial charge in [0.2, 0.25) is 11.8 Å². The van der Waals surface area contributed by atoms with E-state index in [4.69, 9.17) is 5.11 Å². The van der Waals surface area contributed by atoms with Gasteiger partial charge in [-0.25, -0.2) is 0 Å². The van der Waals surface area contributed by atoms with Crippen molar-refractivity contribution in [1.29, 1.82) is 0 Å². The van der Waals surface area contributed by atoms with Crippen molar-refractivity contribution in [2.75, 3.05) is 13.1 Å². The number of aliphatic carboxylic acids is 1. The lowest BCUT2D eigenvalue weighted by Gasteiger charge is -2.37. The number of amides is 2. The molecule has 2 unspecified atom stereocenters. The quantitative estimate of drug-likeness (QED) is 0.800. The van der Waals surface area contributed by atoms with Gasteiger partial charge in [-0.1, -0.05) is 13.8 Å². The Morgan fingerprint density at radius 1 is 1.27 bits per heavy atom. The van der Waals surface area contributed by atoms with E-state index >= 15 is 0 Å². The second kappa shape index (κ2) is 7.11. The number of rotatable bonds is 5. The van der Waals surface area contributed by atoms with Crippen molar-refractivity contribution in [2.24, 2.45) is 17.8 Å². The van der Waals surface area contributed by atoms with Crippen molar-refractivity contribution < 1.29 is 19.5 Å². The fourth-order valence-corrected chi connectivity index (χ4v) is 3.13. The highest BCUT2D eigenvalue weighted by molar-refractivity contribution is 5.82. The van der Waals surface area contributed by atoms with Crippen LogP contribution in [-0.2, 0) is 14.4 Å². The highest BCUT2D eigenvalue weighted by Crippen LogP contribution is 2.28. The molecular formula is C16H26N2O4. The molecule has 0 aromatic rings. The third-order valence-corrected chi connectivity index (χ3v) is 4.97. The van der Waals surface area contributed by atoms with E-state index in [0.717, 1.165) is 25.8 Å². The zero-order valence-corrected chi connectivity index (χ0v) is 13.4. The van der Waals surface area contributed by atoms with Crippen molar-refractivity contribution in [1.82, 2.24) is 10.2 Å². The first-order valence-corrected chi connectivity index (χ1v) is 8.24. The highest BCUT2D eigenvalue weighted by Gasteiger charge is 2.37. The minimum atomic E-state index is -0.784.